The molecule has 3 rings (SSSR count). The van der Waals surface area contributed by atoms with Gasteiger partial charge in [0, 0.05) is 32.2 Å². The Hall–Kier alpha value is -1.03. The molecule has 0 aromatic carbocycles. The molecule has 1 aromatic rings. The number of rotatable bonds is 5. The molecule has 0 unspecified atom stereocenters. The van der Waals surface area contributed by atoms with Crippen molar-refractivity contribution < 1.29 is 17.7 Å². The summed E-state index contributed by atoms with van der Waals surface area (Å²) in [6.07, 6.45) is 3.57. The summed E-state index contributed by atoms with van der Waals surface area (Å²) in [5.41, 5.74) is 0. The van der Waals surface area contributed by atoms with Crippen molar-refractivity contribution in [2.24, 2.45) is 0 Å². The second-order valence-electron chi connectivity index (χ2n) is 5.37. The quantitative estimate of drug-likeness (QED) is 0.844. The highest BCUT2D eigenvalue weighted by molar-refractivity contribution is 7.87. The van der Waals surface area contributed by atoms with Crippen molar-refractivity contribution in [1.29, 1.82) is 0 Å². The Bertz CT molecular complexity index is 562. The van der Waals surface area contributed by atoms with Crippen molar-refractivity contribution in [2.75, 3.05) is 26.3 Å². The van der Waals surface area contributed by atoms with Crippen LogP contribution in [0.2, 0.25) is 0 Å². The summed E-state index contributed by atoms with van der Waals surface area (Å²) >= 11 is 0. The molecule has 118 valence electrons. The second kappa shape index (κ2) is 6.39. The van der Waals surface area contributed by atoms with Crippen LogP contribution in [0.5, 0.6) is 0 Å². The van der Waals surface area contributed by atoms with Gasteiger partial charge in [0.15, 0.2) is 5.82 Å². The average molecular weight is 316 g/mol. The molecule has 21 heavy (non-hydrogen) atoms. The van der Waals surface area contributed by atoms with Crippen LogP contribution < -0.4 is 4.72 Å². The molecule has 0 atom stereocenters. The molecule has 0 bridgehead atoms. The third-order valence-electron chi connectivity index (χ3n) is 3.88. The Morgan fingerprint density at radius 3 is 2.67 bits per heavy atom. The Kier molecular flexibility index (Phi) is 4.53. The highest BCUT2D eigenvalue weighted by Crippen LogP contribution is 2.24. The van der Waals surface area contributed by atoms with E-state index >= 15 is 0 Å². The number of ether oxygens (including phenoxy) is 1. The minimum Gasteiger partial charge on any atom is -0.381 e. The molecular weight excluding hydrogens is 296 g/mol. The molecule has 0 amide bonds. The van der Waals surface area contributed by atoms with Crippen LogP contribution >= 0.6 is 0 Å². The molecule has 8 nitrogen and oxygen atoms in total. The molecule has 2 saturated heterocycles. The van der Waals surface area contributed by atoms with Gasteiger partial charge in [-0.2, -0.15) is 22.4 Å². The maximum absolute atomic E-state index is 12.0. The summed E-state index contributed by atoms with van der Waals surface area (Å²) in [6, 6.07) is 0. The minimum absolute atomic E-state index is 0.0368. The van der Waals surface area contributed by atoms with Gasteiger partial charge in [0.05, 0.1) is 6.54 Å². The van der Waals surface area contributed by atoms with E-state index in [-0.39, 0.29) is 12.5 Å². The summed E-state index contributed by atoms with van der Waals surface area (Å²) in [6.45, 7) is 2.60. The number of hydrogen-bond donors (Lipinski definition) is 1. The standard InChI is InChI=1S/C12H20N4O4S/c17-21(18,16-5-1-2-6-16)13-9-11-14-12(15-20-11)10-3-7-19-8-4-10/h10,13H,1-9H2. The third kappa shape index (κ3) is 3.60. The van der Waals surface area contributed by atoms with Crippen LogP contribution in [-0.4, -0.2) is 49.2 Å². The number of nitrogens with one attached hydrogen (secondary N) is 1. The molecular formula is C12H20N4O4S. The zero-order valence-electron chi connectivity index (χ0n) is 11.8. The van der Waals surface area contributed by atoms with Crippen LogP contribution in [0, 0.1) is 0 Å². The van der Waals surface area contributed by atoms with Gasteiger partial charge in [0.2, 0.25) is 5.89 Å². The van der Waals surface area contributed by atoms with E-state index in [1.165, 1.54) is 4.31 Å². The predicted molar refractivity (Wildman–Crippen MR) is 73.7 cm³/mol. The molecule has 2 aliphatic heterocycles. The van der Waals surface area contributed by atoms with Gasteiger partial charge in [-0.15, -0.1) is 0 Å². The zero-order chi connectivity index (χ0) is 14.7. The van der Waals surface area contributed by atoms with Gasteiger partial charge in [-0.3, -0.25) is 0 Å². The molecule has 1 aromatic heterocycles. The van der Waals surface area contributed by atoms with Crippen LogP contribution in [0.1, 0.15) is 43.3 Å². The van der Waals surface area contributed by atoms with Crippen LogP contribution in [0.15, 0.2) is 4.52 Å². The SMILES string of the molecule is O=S(=O)(NCc1nc(C2CCOCC2)no1)N1CCCC1. The summed E-state index contributed by atoms with van der Waals surface area (Å²) in [4.78, 5) is 4.28. The first-order valence-electron chi connectivity index (χ1n) is 7.30. The van der Waals surface area contributed by atoms with Gasteiger partial charge in [0.1, 0.15) is 0 Å². The molecule has 3 heterocycles. The van der Waals surface area contributed by atoms with Crippen molar-refractivity contribution in [3.05, 3.63) is 11.7 Å². The molecule has 2 aliphatic rings. The molecule has 2 fully saturated rings. The highest BCUT2D eigenvalue weighted by Gasteiger charge is 2.26. The van der Waals surface area contributed by atoms with Crippen LogP contribution in [0.25, 0.3) is 0 Å². The smallest absolute Gasteiger partial charge is 0.279 e. The van der Waals surface area contributed by atoms with E-state index in [0.717, 1.165) is 25.7 Å². The average Bonchev–Trinajstić information content (AvgIpc) is 3.18. The summed E-state index contributed by atoms with van der Waals surface area (Å²) in [5, 5.41) is 3.95. The molecule has 1 N–H and O–H groups in total. The molecule has 0 spiro atoms. The first kappa shape index (κ1) is 14.9. The number of hydrogen-bond acceptors (Lipinski definition) is 6. The van der Waals surface area contributed by atoms with Gasteiger partial charge >= 0.3 is 0 Å². The maximum atomic E-state index is 12.0. The van der Waals surface area contributed by atoms with Crippen LogP contribution in [-0.2, 0) is 21.5 Å². The monoisotopic (exact) mass is 316 g/mol. The Morgan fingerprint density at radius 1 is 1.24 bits per heavy atom. The Balaban J connectivity index is 1.57. The van der Waals surface area contributed by atoms with Crippen LogP contribution in [0.4, 0.5) is 0 Å². The van der Waals surface area contributed by atoms with Crippen LogP contribution in [0.3, 0.4) is 0 Å². The van der Waals surface area contributed by atoms with E-state index in [4.69, 9.17) is 9.26 Å². The van der Waals surface area contributed by atoms with Crippen molar-refractivity contribution in [3.8, 4) is 0 Å². The summed E-state index contributed by atoms with van der Waals surface area (Å²) in [5.74, 6) is 1.19. The number of aromatic nitrogens is 2. The van der Waals surface area contributed by atoms with Gasteiger partial charge in [0.25, 0.3) is 10.2 Å². The largest absolute Gasteiger partial charge is 0.381 e. The fourth-order valence-electron chi connectivity index (χ4n) is 2.63. The summed E-state index contributed by atoms with van der Waals surface area (Å²) in [7, 11) is -3.44. The van der Waals surface area contributed by atoms with Crippen molar-refractivity contribution in [3.63, 3.8) is 0 Å². The molecule has 0 radical (unpaired) electrons. The topological polar surface area (TPSA) is 97.6 Å². The van der Waals surface area contributed by atoms with E-state index in [9.17, 15) is 8.42 Å². The lowest BCUT2D eigenvalue weighted by atomic mass is 10.00. The van der Waals surface area contributed by atoms with E-state index in [1.807, 2.05) is 0 Å². The fraction of sp³-hybridized carbons (Fsp3) is 0.833. The minimum atomic E-state index is -3.44. The maximum Gasteiger partial charge on any atom is 0.279 e. The van der Waals surface area contributed by atoms with E-state index in [2.05, 4.69) is 14.9 Å². The summed E-state index contributed by atoms with van der Waals surface area (Å²) < 4.78 is 38.4. The third-order valence-corrected chi connectivity index (χ3v) is 5.44. The van der Waals surface area contributed by atoms with E-state index < -0.39 is 10.2 Å². The van der Waals surface area contributed by atoms with Gasteiger partial charge in [-0.05, 0) is 25.7 Å². The lowest BCUT2D eigenvalue weighted by Gasteiger charge is -2.18. The van der Waals surface area contributed by atoms with Crippen molar-refractivity contribution in [2.45, 2.75) is 38.1 Å². The zero-order valence-corrected chi connectivity index (χ0v) is 12.6. The normalized spacial score (nSPS) is 21.9. The molecule has 0 saturated carbocycles. The van der Waals surface area contributed by atoms with Crippen molar-refractivity contribution >= 4 is 10.2 Å². The van der Waals surface area contributed by atoms with Gasteiger partial charge in [-0.1, -0.05) is 5.16 Å². The first-order chi connectivity index (χ1) is 10.1. The molecule has 0 aliphatic carbocycles. The molecule has 9 heteroatoms. The van der Waals surface area contributed by atoms with E-state index in [1.54, 1.807) is 0 Å². The lowest BCUT2D eigenvalue weighted by molar-refractivity contribution is 0.0830. The lowest BCUT2D eigenvalue weighted by Crippen LogP contribution is -2.38. The predicted octanol–water partition coefficient (Wildman–Crippen LogP) is 0.394. The highest BCUT2D eigenvalue weighted by atomic mass is 32.2. The first-order valence-corrected chi connectivity index (χ1v) is 8.74. The Morgan fingerprint density at radius 2 is 1.95 bits per heavy atom. The van der Waals surface area contributed by atoms with Crippen molar-refractivity contribution in [1.82, 2.24) is 19.2 Å². The Labute approximate surface area is 124 Å². The fourth-order valence-corrected chi connectivity index (χ4v) is 3.86. The van der Waals surface area contributed by atoms with Gasteiger partial charge in [-0.25, -0.2) is 0 Å². The second-order valence-corrected chi connectivity index (χ2v) is 7.12. The van der Waals surface area contributed by atoms with E-state index in [0.29, 0.717) is 38.0 Å². The van der Waals surface area contributed by atoms with Gasteiger partial charge < -0.3 is 9.26 Å². The number of nitrogens with zero attached hydrogens (tertiary/aromatic N) is 3.